The summed E-state index contributed by atoms with van der Waals surface area (Å²) >= 11 is 0. The Morgan fingerprint density at radius 2 is 1.83 bits per heavy atom. The second-order valence-electron chi connectivity index (χ2n) is 8.13. The zero-order valence-electron chi connectivity index (χ0n) is 17.6. The number of sulfonamides is 1. The Morgan fingerprint density at radius 1 is 1.17 bits per heavy atom. The average molecular weight is 421 g/mol. The first kappa shape index (κ1) is 21.8. The van der Waals surface area contributed by atoms with Crippen LogP contribution in [0.5, 0.6) is 0 Å². The Morgan fingerprint density at radius 3 is 2.48 bits per heavy atom. The summed E-state index contributed by atoms with van der Waals surface area (Å²) in [6, 6.07) is 5.27. The molecule has 1 saturated carbocycles. The van der Waals surface area contributed by atoms with Gasteiger partial charge in [0, 0.05) is 40.0 Å². The van der Waals surface area contributed by atoms with E-state index in [4.69, 9.17) is 0 Å². The van der Waals surface area contributed by atoms with Crippen LogP contribution in [0.2, 0.25) is 0 Å². The van der Waals surface area contributed by atoms with E-state index in [1.165, 1.54) is 50.5 Å². The van der Waals surface area contributed by atoms with Gasteiger partial charge < -0.3 is 9.88 Å². The largest absolute Gasteiger partial charge is 0.353 e. The number of rotatable bonds is 6. The maximum Gasteiger partial charge on any atom is 0.242 e. The van der Waals surface area contributed by atoms with E-state index >= 15 is 0 Å². The Balaban J connectivity index is 1.67. The van der Waals surface area contributed by atoms with Crippen molar-refractivity contribution in [1.29, 1.82) is 0 Å². The second kappa shape index (κ2) is 9.26. The normalized spacial score (nSPS) is 16.7. The Kier molecular flexibility index (Phi) is 6.95. The number of aromatic nitrogens is 2. The fraction of sp³-hybridized carbons (Fsp3) is 0.619. The van der Waals surface area contributed by atoms with Gasteiger partial charge in [-0.25, -0.2) is 17.7 Å². The molecule has 1 aromatic heterocycles. The van der Waals surface area contributed by atoms with Crippen LogP contribution >= 0.6 is 0 Å². The lowest BCUT2D eigenvalue weighted by atomic mass is 9.96. The number of imidazole rings is 1. The summed E-state index contributed by atoms with van der Waals surface area (Å²) in [6.45, 7) is 0. The fourth-order valence-corrected chi connectivity index (χ4v) is 4.87. The van der Waals surface area contributed by atoms with Gasteiger partial charge in [-0.3, -0.25) is 4.79 Å². The number of benzene rings is 1. The van der Waals surface area contributed by atoms with Crippen molar-refractivity contribution < 1.29 is 13.2 Å². The third-order valence-electron chi connectivity index (χ3n) is 5.77. The lowest BCUT2D eigenvalue weighted by Crippen LogP contribution is -2.35. The van der Waals surface area contributed by atoms with E-state index in [0.29, 0.717) is 24.4 Å². The number of nitrogens with zero attached hydrogens (tertiary/aromatic N) is 3. The smallest absolute Gasteiger partial charge is 0.242 e. The molecule has 2 aromatic rings. The van der Waals surface area contributed by atoms with E-state index in [0.717, 1.165) is 24.2 Å². The van der Waals surface area contributed by atoms with Crippen LogP contribution in [0.3, 0.4) is 0 Å². The van der Waals surface area contributed by atoms with E-state index in [1.807, 2.05) is 11.6 Å². The van der Waals surface area contributed by atoms with Gasteiger partial charge >= 0.3 is 0 Å². The van der Waals surface area contributed by atoms with Gasteiger partial charge in [-0.2, -0.15) is 0 Å². The summed E-state index contributed by atoms with van der Waals surface area (Å²) in [5.41, 5.74) is 1.49. The van der Waals surface area contributed by atoms with Crippen molar-refractivity contribution in [3.63, 3.8) is 0 Å². The van der Waals surface area contributed by atoms with E-state index < -0.39 is 10.0 Å². The first-order chi connectivity index (χ1) is 13.8. The highest BCUT2D eigenvalue weighted by molar-refractivity contribution is 7.89. The molecule has 7 nitrogen and oxygen atoms in total. The quantitative estimate of drug-likeness (QED) is 0.779. The van der Waals surface area contributed by atoms with Crippen molar-refractivity contribution in [2.24, 2.45) is 7.05 Å². The van der Waals surface area contributed by atoms with Crippen molar-refractivity contribution in [3.05, 3.63) is 24.0 Å². The van der Waals surface area contributed by atoms with Gasteiger partial charge in [0.05, 0.1) is 15.9 Å². The number of aryl methyl sites for hydroxylation is 2. The highest BCUT2D eigenvalue weighted by Crippen LogP contribution is 2.22. The molecule has 29 heavy (non-hydrogen) atoms. The van der Waals surface area contributed by atoms with Crippen LogP contribution in [0, 0.1) is 0 Å². The zero-order chi connectivity index (χ0) is 21.0. The van der Waals surface area contributed by atoms with Crippen molar-refractivity contribution in [1.82, 2.24) is 19.2 Å². The predicted molar refractivity (Wildman–Crippen MR) is 114 cm³/mol. The fourth-order valence-electron chi connectivity index (χ4n) is 3.95. The Labute approximate surface area is 173 Å². The molecule has 0 aliphatic heterocycles. The van der Waals surface area contributed by atoms with E-state index in [1.54, 1.807) is 18.2 Å². The highest BCUT2D eigenvalue weighted by Gasteiger charge is 2.20. The van der Waals surface area contributed by atoms with Crippen LogP contribution in [-0.4, -0.2) is 48.3 Å². The molecule has 0 unspecified atom stereocenters. The summed E-state index contributed by atoms with van der Waals surface area (Å²) < 4.78 is 27.8. The molecule has 0 atom stereocenters. The second-order valence-corrected chi connectivity index (χ2v) is 10.3. The summed E-state index contributed by atoms with van der Waals surface area (Å²) in [7, 11) is 1.42. The highest BCUT2D eigenvalue weighted by atomic mass is 32.2. The standard InChI is InChI=1S/C21H32N4O3S/c1-24(2)29(27,28)17-11-12-19-18(15-17)23-20(25(19)3)13-14-21(26)22-16-9-7-5-4-6-8-10-16/h11-12,15-16H,4-10,13-14H2,1-3H3,(H,22,26). The SMILES string of the molecule is CN(C)S(=O)(=O)c1ccc2c(c1)nc(CCC(=O)NC1CCCCCCC1)n2C. The number of nitrogens with one attached hydrogen (secondary N) is 1. The molecule has 3 rings (SSSR count). The minimum Gasteiger partial charge on any atom is -0.353 e. The lowest BCUT2D eigenvalue weighted by molar-refractivity contribution is -0.121. The number of amides is 1. The van der Waals surface area contributed by atoms with E-state index in [2.05, 4.69) is 10.3 Å². The maximum atomic E-state index is 12.4. The molecule has 1 aliphatic carbocycles. The van der Waals surface area contributed by atoms with Crippen molar-refractivity contribution >= 4 is 27.0 Å². The molecule has 0 spiro atoms. The van der Waals surface area contributed by atoms with Crippen LogP contribution in [0.1, 0.15) is 57.2 Å². The number of hydrogen-bond acceptors (Lipinski definition) is 4. The number of carbonyl (C=O) groups is 1. The lowest BCUT2D eigenvalue weighted by Gasteiger charge is -2.21. The third-order valence-corrected chi connectivity index (χ3v) is 7.58. The number of fused-ring (bicyclic) bond motifs is 1. The molecule has 1 amide bonds. The van der Waals surface area contributed by atoms with Crippen LogP contribution in [-0.2, 0) is 28.3 Å². The van der Waals surface area contributed by atoms with Gasteiger partial charge in [0.25, 0.3) is 0 Å². The third kappa shape index (κ3) is 5.17. The summed E-state index contributed by atoms with van der Waals surface area (Å²) in [4.78, 5) is 17.3. The van der Waals surface area contributed by atoms with Crippen LogP contribution in [0.4, 0.5) is 0 Å². The molecule has 0 radical (unpaired) electrons. The Bertz CT molecular complexity index is 958. The molecule has 1 aliphatic rings. The predicted octanol–water partition coefficient (Wildman–Crippen LogP) is 2.99. The van der Waals surface area contributed by atoms with Crippen LogP contribution in [0.15, 0.2) is 23.1 Å². The minimum atomic E-state index is -3.50. The first-order valence-electron chi connectivity index (χ1n) is 10.5. The van der Waals surface area contributed by atoms with Crippen molar-refractivity contribution in [2.75, 3.05) is 14.1 Å². The van der Waals surface area contributed by atoms with Gasteiger partial charge in [-0.15, -0.1) is 0 Å². The summed E-state index contributed by atoms with van der Waals surface area (Å²) in [5, 5.41) is 3.19. The van der Waals surface area contributed by atoms with Crippen molar-refractivity contribution in [3.8, 4) is 0 Å². The van der Waals surface area contributed by atoms with Gasteiger partial charge in [0.1, 0.15) is 5.82 Å². The molecule has 160 valence electrons. The molecule has 0 bridgehead atoms. The molecular weight excluding hydrogens is 388 g/mol. The van der Waals surface area contributed by atoms with Gasteiger partial charge in [0.2, 0.25) is 15.9 Å². The molecule has 1 heterocycles. The summed E-state index contributed by atoms with van der Waals surface area (Å²) in [5.74, 6) is 0.853. The average Bonchev–Trinajstić information content (AvgIpc) is 2.97. The molecule has 1 fully saturated rings. The van der Waals surface area contributed by atoms with Gasteiger partial charge in [-0.05, 0) is 31.0 Å². The number of carbonyl (C=O) groups excluding carboxylic acids is 1. The number of hydrogen-bond donors (Lipinski definition) is 1. The molecular formula is C21H32N4O3S. The zero-order valence-corrected chi connectivity index (χ0v) is 18.5. The van der Waals surface area contributed by atoms with E-state index in [9.17, 15) is 13.2 Å². The van der Waals surface area contributed by atoms with Gasteiger partial charge in [0.15, 0.2) is 0 Å². The van der Waals surface area contributed by atoms with Crippen LogP contribution in [0.25, 0.3) is 11.0 Å². The van der Waals surface area contributed by atoms with E-state index in [-0.39, 0.29) is 10.8 Å². The summed E-state index contributed by atoms with van der Waals surface area (Å²) in [6.07, 6.45) is 9.26. The molecule has 1 aromatic carbocycles. The maximum absolute atomic E-state index is 12.4. The molecule has 8 heteroatoms. The molecule has 1 N–H and O–H groups in total. The monoisotopic (exact) mass is 420 g/mol. The van der Waals surface area contributed by atoms with Gasteiger partial charge in [-0.1, -0.05) is 32.1 Å². The molecule has 0 saturated heterocycles. The van der Waals surface area contributed by atoms with Crippen molar-refractivity contribution in [2.45, 2.75) is 68.7 Å². The first-order valence-corrected chi connectivity index (χ1v) is 11.9. The Hall–Kier alpha value is -1.93. The van der Waals surface area contributed by atoms with Crippen LogP contribution < -0.4 is 5.32 Å². The minimum absolute atomic E-state index is 0.0681. The topological polar surface area (TPSA) is 84.3 Å².